The second kappa shape index (κ2) is 6.63. The Kier molecular flexibility index (Phi) is 5.14. The summed E-state index contributed by atoms with van der Waals surface area (Å²) in [4.78, 5) is 13.3. The highest BCUT2D eigenvalue weighted by Crippen LogP contribution is 2.13. The number of aliphatic hydroxyl groups excluding tert-OH is 1. The van der Waals surface area contributed by atoms with Gasteiger partial charge in [-0.1, -0.05) is 12.1 Å². The lowest BCUT2D eigenvalue weighted by Crippen LogP contribution is -2.32. The van der Waals surface area contributed by atoms with Crippen LogP contribution in [0.5, 0.6) is 0 Å². The molecule has 1 aromatic rings. The average Bonchev–Trinajstić information content (AvgIpc) is 2.29. The molecule has 0 aliphatic carbocycles. The largest absolute Gasteiger partial charge is 0.395 e. The van der Waals surface area contributed by atoms with Crippen LogP contribution in [-0.2, 0) is 4.79 Å². The zero-order valence-corrected chi connectivity index (χ0v) is 9.68. The molecule has 0 aliphatic rings. The third-order valence-corrected chi connectivity index (χ3v) is 2.22. The van der Waals surface area contributed by atoms with Gasteiger partial charge in [-0.05, 0) is 19.2 Å². The Morgan fingerprint density at radius 1 is 1.53 bits per heavy atom. The van der Waals surface area contributed by atoms with Gasteiger partial charge < -0.3 is 10.4 Å². The minimum Gasteiger partial charge on any atom is -0.395 e. The van der Waals surface area contributed by atoms with Crippen molar-refractivity contribution in [1.29, 1.82) is 5.26 Å². The molecule has 0 saturated heterocycles. The van der Waals surface area contributed by atoms with Crippen LogP contribution in [0, 0.1) is 11.3 Å². The molecule has 0 aromatic heterocycles. The van der Waals surface area contributed by atoms with Crippen LogP contribution in [0.2, 0.25) is 0 Å². The van der Waals surface area contributed by atoms with Crippen LogP contribution in [0.3, 0.4) is 0 Å². The molecule has 90 valence electrons. The lowest BCUT2D eigenvalue weighted by molar-refractivity contribution is -0.117. The van der Waals surface area contributed by atoms with Crippen molar-refractivity contribution in [3.8, 4) is 6.07 Å². The van der Waals surface area contributed by atoms with Crippen molar-refractivity contribution in [3.63, 3.8) is 0 Å². The van der Waals surface area contributed by atoms with Crippen LogP contribution >= 0.6 is 0 Å². The van der Waals surface area contributed by atoms with Crippen LogP contribution in [0.15, 0.2) is 24.3 Å². The van der Waals surface area contributed by atoms with Crippen molar-refractivity contribution in [2.24, 2.45) is 0 Å². The number of benzene rings is 1. The minimum atomic E-state index is -0.205. The number of carbonyl (C=O) groups is 1. The van der Waals surface area contributed by atoms with Crippen molar-refractivity contribution in [2.45, 2.75) is 0 Å². The molecule has 17 heavy (non-hydrogen) atoms. The fourth-order valence-corrected chi connectivity index (χ4v) is 1.37. The Bertz CT molecular complexity index is 426. The van der Waals surface area contributed by atoms with Gasteiger partial charge in [-0.15, -0.1) is 0 Å². The van der Waals surface area contributed by atoms with Crippen molar-refractivity contribution in [3.05, 3.63) is 29.8 Å². The summed E-state index contributed by atoms with van der Waals surface area (Å²) in [6, 6.07) is 8.84. The van der Waals surface area contributed by atoms with Crippen LogP contribution < -0.4 is 5.32 Å². The van der Waals surface area contributed by atoms with E-state index in [1.807, 2.05) is 6.07 Å². The van der Waals surface area contributed by atoms with Gasteiger partial charge in [0.2, 0.25) is 5.91 Å². The Hall–Kier alpha value is -1.90. The number of amides is 1. The summed E-state index contributed by atoms with van der Waals surface area (Å²) in [5.74, 6) is -0.205. The molecule has 0 aliphatic heterocycles. The van der Waals surface area contributed by atoms with E-state index in [9.17, 15) is 4.79 Å². The van der Waals surface area contributed by atoms with E-state index >= 15 is 0 Å². The van der Waals surface area contributed by atoms with Crippen molar-refractivity contribution in [1.82, 2.24) is 4.90 Å². The SMILES string of the molecule is CN(CCO)CC(=O)Nc1ccccc1C#N. The Morgan fingerprint density at radius 2 is 2.24 bits per heavy atom. The average molecular weight is 233 g/mol. The van der Waals surface area contributed by atoms with E-state index in [0.29, 0.717) is 17.8 Å². The third kappa shape index (κ3) is 4.23. The van der Waals surface area contributed by atoms with Gasteiger partial charge in [0.05, 0.1) is 24.4 Å². The summed E-state index contributed by atoms with van der Waals surface area (Å²) in [5, 5.41) is 20.2. The van der Waals surface area contributed by atoms with Gasteiger partial charge in [0.15, 0.2) is 0 Å². The maximum absolute atomic E-state index is 11.6. The van der Waals surface area contributed by atoms with Gasteiger partial charge in [0, 0.05) is 6.54 Å². The topological polar surface area (TPSA) is 76.4 Å². The fourth-order valence-electron chi connectivity index (χ4n) is 1.37. The number of rotatable bonds is 5. The number of nitrogens with zero attached hydrogens (tertiary/aromatic N) is 2. The number of nitriles is 1. The molecule has 1 aromatic carbocycles. The summed E-state index contributed by atoms with van der Waals surface area (Å²) >= 11 is 0. The summed E-state index contributed by atoms with van der Waals surface area (Å²) in [5.41, 5.74) is 0.947. The van der Waals surface area contributed by atoms with Gasteiger partial charge in [-0.2, -0.15) is 5.26 Å². The van der Waals surface area contributed by atoms with E-state index < -0.39 is 0 Å². The van der Waals surface area contributed by atoms with Crippen molar-refractivity contribution < 1.29 is 9.90 Å². The first-order valence-corrected chi connectivity index (χ1v) is 5.25. The minimum absolute atomic E-state index is 0.0125. The highest BCUT2D eigenvalue weighted by molar-refractivity contribution is 5.93. The van der Waals surface area contributed by atoms with E-state index in [4.69, 9.17) is 10.4 Å². The zero-order valence-electron chi connectivity index (χ0n) is 9.68. The molecule has 0 radical (unpaired) electrons. The molecular formula is C12H15N3O2. The first-order valence-electron chi connectivity index (χ1n) is 5.25. The molecule has 0 fully saturated rings. The molecule has 0 saturated carbocycles. The molecule has 2 N–H and O–H groups in total. The first-order chi connectivity index (χ1) is 8.17. The highest BCUT2D eigenvalue weighted by atomic mass is 16.3. The molecule has 0 bridgehead atoms. The number of aliphatic hydroxyl groups is 1. The third-order valence-electron chi connectivity index (χ3n) is 2.22. The Morgan fingerprint density at radius 3 is 2.88 bits per heavy atom. The zero-order chi connectivity index (χ0) is 12.7. The summed E-state index contributed by atoms with van der Waals surface area (Å²) in [6.07, 6.45) is 0. The Balaban J connectivity index is 2.59. The van der Waals surface area contributed by atoms with Crippen LogP contribution in [0.4, 0.5) is 5.69 Å². The molecule has 5 heteroatoms. The quantitative estimate of drug-likeness (QED) is 0.772. The smallest absolute Gasteiger partial charge is 0.238 e. The standard InChI is InChI=1S/C12H15N3O2/c1-15(6-7-16)9-12(17)14-11-5-3-2-4-10(11)8-13/h2-5,16H,6-7,9H2,1H3,(H,14,17). The molecule has 1 rings (SSSR count). The number of anilines is 1. The molecular weight excluding hydrogens is 218 g/mol. The van der Waals surface area contributed by atoms with Crippen molar-refractivity contribution in [2.75, 3.05) is 32.1 Å². The number of hydrogen-bond donors (Lipinski definition) is 2. The van der Waals surface area contributed by atoms with E-state index in [1.54, 1.807) is 36.2 Å². The summed E-state index contributed by atoms with van der Waals surface area (Å²) in [6.45, 7) is 0.631. The summed E-state index contributed by atoms with van der Waals surface area (Å²) < 4.78 is 0. The number of likely N-dealkylation sites (N-methyl/N-ethyl adjacent to an activating group) is 1. The van der Waals surface area contributed by atoms with E-state index in [-0.39, 0.29) is 19.1 Å². The van der Waals surface area contributed by atoms with Gasteiger partial charge in [0.25, 0.3) is 0 Å². The van der Waals surface area contributed by atoms with Crippen LogP contribution in [-0.4, -0.2) is 42.7 Å². The number of para-hydroxylation sites is 1. The number of nitrogens with one attached hydrogen (secondary N) is 1. The van der Waals surface area contributed by atoms with Gasteiger partial charge in [-0.3, -0.25) is 9.69 Å². The molecule has 0 atom stereocenters. The van der Waals surface area contributed by atoms with E-state index in [1.165, 1.54) is 0 Å². The second-order valence-electron chi connectivity index (χ2n) is 3.67. The molecule has 5 nitrogen and oxygen atoms in total. The highest BCUT2D eigenvalue weighted by Gasteiger charge is 2.08. The van der Waals surface area contributed by atoms with Gasteiger partial charge in [-0.25, -0.2) is 0 Å². The lowest BCUT2D eigenvalue weighted by atomic mass is 10.2. The van der Waals surface area contributed by atoms with Gasteiger partial charge >= 0.3 is 0 Å². The molecule has 1 amide bonds. The second-order valence-corrected chi connectivity index (χ2v) is 3.67. The molecule has 0 unspecified atom stereocenters. The lowest BCUT2D eigenvalue weighted by Gasteiger charge is -2.14. The normalized spacial score (nSPS) is 10.0. The predicted molar refractivity (Wildman–Crippen MR) is 64.4 cm³/mol. The van der Waals surface area contributed by atoms with Crippen molar-refractivity contribution >= 4 is 11.6 Å². The first kappa shape index (κ1) is 13.2. The monoisotopic (exact) mass is 233 g/mol. The van der Waals surface area contributed by atoms with Crippen LogP contribution in [0.25, 0.3) is 0 Å². The maximum Gasteiger partial charge on any atom is 0.238 e. The number of hydrogen-bond acceptors (Lipinski definition) is 4. The summed E-state index contributed by atoms with van der Waals surface area (Å²) in [7, 11) is 1.74. The fraction of sp³-hybridized carbons (Fsp3) is 0.333. The van der Waals surface area contributed by atoms with Gasteiger partial charge in [0.1, 0.15) is 6.07 Å². The van der Waals surface area contributed by atoms with Crippen LogP contribution in [0.1, 0.15) is 5.56 Å². The maximum atomic E-state index is 11.6. The molecule has 0 heterocycles. The van der Waals surface area contributed by atoms with E-state index in [2.05, 4.69) is 5.32 Å². The molecule has 0 spiro atoms. The predicted octanol–water partition coefficient (Wildman–Crippen LogP) is 0.421. The number of carbonyl (C=O) groups excluding carboxylic acids is 1. The Labute approximate surface area is 100 Å². The van der Waals surface area contributed by atoms with E-state index in [0.717, 1.165) is 0 Å².